The number of esters is 4. The second-order valence-electron chi connectivity index (χ2n) is 5.63. The molecular formula is C16H23BrO10. The van der Waals surface area contributed by atoms with Gasteiger partial charge in [0.2, 0.25) is 0 Å². The molecule has 1 heterocycles. The molecule has 154 valence electrons. The lowest BCUT2D eigenvalue weighted by Crippen LogP contribution is -2.63. The van der Waals surface area contributed by atoms with Gasteiger partial charge in [0.15, 0.2) is 24.6 Å². The highest BCUT2D eigenvalue weighted by Gasteiger charge is 2.52. The Morgan fingerprint density at radius 1 is 0.815 bits per heavy atom. The van der Waals surface area contributed by atoms with Crippen molar-refractivity contribution in [3.05, 3.63) is 0 Å². The summed E-state index contributed by atoms with van der Waals surface area (Å²) in [7, 11) is 0. The lowest BCUT2D eigenvalue weighted by Gasteiger charge is -2.44. The molecule has 1 saturated heterocycles. The minimum absolute atomic E-state index is 0.188. The zero-order valence-corrected chi connectivity index (χ0v) is 17.1. The van der Waals surface area contributed by atoms with Crippen LogP contribution in [0.1, 0.15) is 27.7 Å². The Kier molecular flexibility index (Phi) is 9.67. The highest BCUT2D eigenvalue weighted by Crippen LogP contribution is 2.29. The van der Waals surface area contributed by atoms with E-state index in [1.165, 1.54) is 6.92 Å². The van der Waals surface area contributed by atoms with Crippen LogP contribution in [0.25, 0.3) is 0 Å². The number of alkyl halides is 1. The summed E-state index contributed by atoms with van der Waals surface area (Å²) >= 11 is 3.20. The van der Waals surface area contributed by atoms with Gasteiger partial charge in [0, 0.05) is 33.0 Å². The molecule has 27 heavy (non-hydrogen) atoms. The quantitative estimate of drug-likeness (QED) is 0.290. The first-order valence-corrected chi connectivity index (χ1v) is 9.25. The maximum absolute atomic E-state index is 11.6. The first-order valence-electron chi connectivity index (χ1n) is 8.13. The highest BCUT2D eigenvalue weighted by molar-refractivity contribution is 9.09. The molecule has 0 spiro atoms. The Hall–Kier alpha value is -1.72. The molecule has 10 nitrogen and oxygen atoms in total. The number of carbonyl (C=O) groups is 4. The maximum atomic E-state index is 11.6. The van der Waals surface area contributed by atoms with Gasteiger partial charge in [-0.2, -0.15) is 0 Å². The molecule has 5 atom stereocenters. The van der Waals surface area contributed by atoms with Crippen LogP contribution >= 0.6 is 15.9 Å². The molecule has 0 amide bonds. The molecule has 11 heteroatoms. The van der Waals surface area contributed by atoms with E-state index in [1.807, 2.05) is 0 Å². The molecule has 0 radical (unpaired) electrons. The third-order valence-corrected chi connectivity index (χ3v) is 3.63. The maximum Gasteiger partial charge on any atom is 0.303 e. The van der Waals surface area contributed by atoms with E-state index in [2.05, 4.69) is 15.9 Å². The molecule has 0 aromatic rings. The zero-order chi connectivity index (χ0) is 20.6. The third-order valence-electron chi connectivity index (χ3n) is 3.31. The Balaban J connectivity index is 3.22. The van der Waals surface area contributed by atoms with Gasteiger partial charge in [0.1, 0.15) is 12.7 Å². The van der Waals surface area contributed by atoms with Gasteiger partial charge >= 0.3 is 23.9 Å². The molecule has 0 saturated carbocycles. The third kappa shape index (κ3) is 7.81. The largest absolute Gasteiger partial charge is 0.463 e. The standard InChI is InChI=1S/C16H23BrO10/c1-8(18)23-7-12-13(24-9(2)19)14(25-10(3)20)15(26-11(4)21)16(27-12)22-6-5-17/h12-16H,5-7H2,1-4H3/t12-,13+,14+,15-,16?/m1/s1. The SMILES string of the molecule is CC(=O)OC[C@H]1OC(OCCBr)[C@H](OC(C)=O)[C@@H](OC(C)=O)[C@H]1OC(C)=O. The van der Waals surface area contributed by atoms with Crippen molar-refractivity contribution in [2.24, 2.45) is 0 Å². The Morgan fingerprint density at radius 3 is 1.81 bits per heavy atom. The molecule has 0 aromatic carbocycles. The smallest absolute Gasteiger partial charge is 0.303 e. The topological polar surface area (TPSA) is 124 Å². The zero-order valence-electron chi connectivity index (χ0n) is 15.5. The van der Waals surface area contributed by atoms with E-state index in [4.69, 9.17) is 28.4 Å². The molecule has 1 fully saturated rings. The molecule has 1 aliphatic rings. The predicted octanol–water partition coefficient (Wildman–Crippen LogP) is 0.481. The van der Waals surface area contributed by atoms with Crippen molar-refractivity contribution in [1.82, 2.24) is 0 Å². The fourth-order valence-corrected chi connectivity index (χ4v) is 2.67. The van der Waals surface area contributed by atoms with Crippen molar-refractivity contribution in [3.8, 4) is 0 Å². The summed E-state index contributed by atoms with van der Waals surface area (Å²) in [5.41, 5.74) is 0. The number of halogens is 1. The van der Waals surface area contributed by atoms with Gasteiger partial charge in [-0.15, -0.1) is 0 Å². The normalized spacial score (nSPS) is 27.4. The second-order valence-corrected chi connectivity index (χ2v) is 6.42. The summed E-state index contributed by atoms with van der Waals surface area (Å²) in [4.78, 5) is 45.8. The van der Waals surface area contributed by atoms with Crippen LogP contribution in [0.15, 0.2) is 0 Å². The summed E-state index contributed by atoms with van der Waals surface area (Å²) < 4.78 is 31.9. The molecule has 0 aliphatic carbocycles. The van der Waals surface area contributed by atoms with E-state index in [0.717, 1.165) is 20.8 Å². The van der Waals surface area contributed by atoms with Gasteiger partial charge in [0.05, 0.1) is 6.61 Å². The van der Waals surface area contributed by atoms with Crippen LogP contribution in [0.3, 0.4) is 0 Å². The Labute approximate surface area is 164 Å². The van der Waals surface area contributed by atoms with Gasteiger partial charge in [-0.1, -0.05) is 15.9 Å². The van der Waals surface area contributed by atoms with Crippen molar-refractivity contribution in [1.29, 1.82) is 0 Å². The van der Waals surface area contributed by atoms with Crippen molar-refractivity contribution < 1.29 is 47.6 Å². The van der Waals surface area contributed by atoms with E-state index < -0.39 is 54.6 Å². The summed E-state index contributed by atoms with van der Waals surface area (Å²) in [5.74, 6) is -2.63. The lowest BCUT2D eigenvalue weighted by molar-refractivity contribution is -0.306. The fraction of sp³-hybridized carbons (Fsp3) is 0.750. The van der Waals surface area contributed by atoms with Gasteiger partial charge < -0.3 is 28.4 Å². The number of ether oxygens (including phenoxy) is 6. The summed E-state index contributed by atoms with van der Waals surface area (Å²) in [6.07, 6.45) is -5.73. The van der Waals surface area contributed by atoms with Gasteiger partial charge in [0.25, 0.3) is 0 Å². The minimum atomic E-state index is -1.22. The Bertz CT molecular complexity index is 551. The molecule has 1 aliphatic heterocycles. The van der Waals surface area contributed by atoms with Crippen LogP contribution in [-0.4, -0.2) is 73.1 Å². The molecule has 0 bridgehead atoms. The Morgan fingerprint density at radius 2 is 1.33 bits per heavy atom. The van der Waals surface area contributed by atoms with Gasteiger partial charge in [-0.05, 0) is 0 Å². The number of carbonyl (C=O) groups excluding carboxylic acids is 4. The number of hydrogen-bond acceptors (Lipinski definition) is 10. The first kappa shape index (κ1) is 23.3. The summed E-state index contributed by atoms with van der Waals surface area (Å²) in [5, 5.41) is 0.458. The molecule has 0 aromatic heterocycles. The van der Waals surface area contributed by atoms with E-state index in [0.29, 0.717) is 5.33 Å². The average Bonchev–Trinajstić information content (AvgIpc) is 2.54. The first-order chi connectivity index (χ1) is 12.6. The van der Waals surface area contributed by atoms with Crippen LogP contribution in [0, 0.1) is 0 Å². The van der Waals surface area contributed by atoms with Crippen LogP contribution in [0.5, 0.6) is 0 Å². The van der Waals surface area contributed by atoms with Crippen molar-refractivity contribution in [2.75, 3.05) is 18.5 Å². The second kappa shape index (κ2) is 11.2. The van der Waals surface area contributed by atoms with Crippen molar-refractivity contribution in [2.45, 2.75) is 58.4 Å². The van der Waals surface area contributed by atoms with E-state index in [1.54, 1.807) is 0 Å². The van der Waals surface area contributed by atoms with Crippen LogP contribution in [0.2, 0.25) is 0 Å². The van der Waals surface area contributed by atoms with Crippen molar-refractivity contribution >= 4 is 39.8 Å². The van der Waals surface area contributed by atoms with E-state index in [-0.39, 0.29) is 13.2 Å². The van der Waals surface area contributed by atoms with Gasteiger partial charge in [-0.25, -0.2) is 0 Å². The lowest BCUT2D eigenvalue weighted by atomic mass is 9.98. The monoisotopic (exact) mass is 454 g/mol. The van der Waals surface area contributed by atoms with Crippen LogP contribution in [-0.2, 0) is 47.6 Å². The predicted molar refractivity (Wildman–Crippen MR) is 91.7 cm³/mol. The van der Waals surface area contributed by atoms with E-state index in [9.17, 15) is 19.2 Å². The minimum Gasteiger partial charge on any atom is -0.463 e. The van der Waals surface area contributed by atoms with Gasteiger partial charge in [-0.3, -0.25) is 19.2 Å². The molecular weight excluding hydrogens is 432 g/mol. The fourth-order valence-electron chi connectivity index (χ4n) is 2.48. The highest BCUT2D eigenvalue weighted by atomic mass is 79.9. The number of rotatable bonds is 8. The summed E-state index contributed by atoms with van der Waals surface area (Å²) in [6.45, 7) is 4.58. The van der Waals surface area contributed by atoms with Crippen LogP contribution < -0.4 is 0 Å². The van der Waals surface area contributed by atoms with Crippen molar-refractivity contribution in [3.63, 3.8) is 0 Å². The molecule has 0 N–H and O–H groups in total. The molecule has 1 rings (SSSR count). The van der Waals surface area contributed by atoms with E-state index >= 15 is 0 Å². The van der Waals surface area contributed by atoms with Crippen LogP contribution in [0.4, 0.5) is 0 Å². The number of hydrogen-bond donors (Lipinski definition) is 0. The average molecular weight is 455 g/mol. The summed E-state index contributed by atoms with van der Waals surface area (Å²) in [6, 6.07) is 0. The molecule has 1 unspecified atom stereocenters.